The molecule has 1 aromatic carbocycles. The summed E-state index contributed by atoms with van der Waals surface area (Å²) in [6.07, 6.45) is 9.64. The predicted molar refractivity (Wildman–Crippen MR) is 77.8 cm³/mol. The molecule has 1 heteroatoms. The summed E-state index contributed by atoms with van der Waals surface area (Å²) < 4.78 is 0. The third-order valence-corrected chi connectivity index (χ3v) is 5.20. The molecule has 1 nitrogen and oxygen atoms in total. The van der Waals surface area contributed by atoms with Crippen molar-refractivity contribution in [1.29, 1.82) is 0 Å². The number of allylic oxidation sites excluding steroid dienone is 2. The standard InChI is InChI=1S/C18H22O/c1-14-7-5-10-16-11-6-12-17(19)18(14,16)13-15-8-3-2-4-9-15/h2-5,7-9,14,16H,6,10-13H2,1H3/t14-,16-,18-/m1/s1. The first kappa shape index (κ1) is 12.7. The van der Waals surface area contributed by atoms with E-state index in [0.717, 1.165) is 25.7 Å². The predicted octanol–water partition coefficient (Wildman–Crippen LogP) is 4.18. The summed E-state index contributed by atoms with van der Waals surface area (Å²) in [5.41, 5.74) is 1.18. The molecular weight excluding hydrogens is 232 g/mol. The normalized spacial score (nSPS) is 34.1. The summed E-state index contributed by atoms with van der Waals surface area (Å²) in [5, 5.41) is 0. The fourth-order valence-corrected chi connectivity index (χ4v) is 4.14. The lowest BCUT2D eigenvalue weighted by Crippen LogP contribution is -2.49. The van der Waals surface area contributed by atoms with Gasteiger partial charge in [-0.3, -0.25) is 4.79 Å². The van der Waals surface area contributed by atoms with Crippen molar-refractivity contribution in [1.82, 2.24) is 0 Å². The molecule has 0 radical (unpaired) electrons. The molecule has 100 valence electrons. The van der Waals surface area contributed by atoms with Crippen LogP contribution in [-0.4, -0.2) is 5.78 Å². The minimum Gasteiger partial charge on any atom is -0.299 e. The minimum absolute atomic E-state index is 0.131. The fraction of sp³-hybridized carbons (Fsp3) is 0.500. The highest BCUT2D eigenvalue weighted by Gasteiger charge is 2.50. The van der Waals surface area contributed by atoms with Gasteiger partial charge in [0, 0.05) is 11.8 Å². The number of rotatable bonds is 2. The van der Waals surface area contributed by atoms with Crippen molar-refractivity contribution in [2.45, 2.75) is 39.0 Å². The van der Waals surface area contributed by atoms with Crippen molar-refractivity contribution >= 4 is 5.78 Å². The first-order valence-corrected chi connectivity index (χ1v) is 7.47. The van der Waals surface area contributed by atoms with Crippen LogP contribution in [0.5, 0.6) is 0 Å². The zero-order chi connectivity index (χ0) is 13.3. The number of ketones is 1. The largest absolute Gasteiger partial charge is 0.299 e. The van der Waals surface area contributed by atoms with Gasteiger partial charge in [-0.15, -0.1) is 0 Å². The molecule has 0 aliphatic heterocycles. The van der Waals surface area contributed by atoms with E-state index in [-0.39, 0.29) is 5.41 Å². The average molecular weight is 254 g/mol. The van der Waals surface area contributed by atoms with E-state index in [4.69, 9.17) is 0 Å². The molecule has 0 unspecified atom stereocenters. The van der Waals surface area contributed by atoms with E-state index in [9.17, 15) is 4.79 Å². The Labute approximate surface area is 115 Å². The molecule has 0 aromatic heterocycles. The maximum Gasteiger partial charge on any atom is 0.140 e. The molecule has 1 fully saturated rings. The van der Waals surface area contributed by atoms with Gasteiger partial charge in [0.25, 0.3) is 0 Å². The van der Waals surface area contributed by atoms with E-state index < -0.39 is 0 Å². The lowest BCUT2D eigenvalue weighted by atomic mass is 9.54. The minimum atomic E-state index is -0.131. The van der Waals surface area contributed by atoms with Crippen molar-refractivity contribution in [3.63, 3.8) is 0 Å². The van der Waals surface area contributed by atoms with Crippen LogP contribution in [0.2, 0.25) is 0 Å². The van der Waals surface area contributed by atoms with Gasteiger partial charge in [0.05, 0.1) is 0 Å². The quantitative estimate of drug-likeness (QED) is 0.724. The molecule has 0 bridgehead atoms. The average Bonchev–Trinajstić information content (AvgIpc) is 2.43. The van der Waals surface area contributed by atoms with Crippen LogP contribution in [0.15, 0.2) is 42.5 Å². The summed E-state index contributed by atoms with van der Waals surface area (Å²) in [4.78, 5) is 12.7. The molecule has 0 saturated heterocycles. The van der Waals surface area contributed by atoms with Gasteiger partial charge in [0.15, 0.2) is 0 Å². The molecule has 1 saturated carbocycles. The molecule has 3 atom stereocenters. The van der Waals surface area contributed by atoms with E-state index in [1.165, 1.54) is 12.0 Å². The van der Waals surface area contributed by atoms with Gasteiger partial charge < -0.3 is 0 Å². The molecule has 0 spiro atoms. The SMILES string of the molecule is C[C@@H]1C=CC[C@@H]2CCCC(=O)[C@@]21Cc1ccccc1. The third kappa shape index (κ3) is 2.05. The zero-order valence-electron chi connectivity index (χ0n) is 11.6. The lowest BCUT2D eigenvalue weighted by molar-refractivity contribution is -0.138. The molecular formula is C18H22O. The van der Waals surface area contributed by atoms with Crippen molar-refractivity contribution in [3.8, 4) is 0 Å². The van der Waals surface area contributed by atoms with E-state index in [1.54, 1.807) is 0 Å². The molecule has 0 heterocycles. The Kier molecular flexibility index (Phi) is 3.30. The molecule has 2 aliphatic rings. The van der Waals surface area contributed by atoms with Gasteiger partial charge in [-0.25, -0.2) is 0 Å². The molecule has 3 rings (SSSR count). The molecule has 1 aromatic rings. The topological polar surface area (TPSA) is 17.1 Å². The van der Waals surface area contributed by atoms with Crippen LogP contribution in [0, 0.1) is 17.3 Å². The Morgan fingerprint density at radius 2 is 2.05 bits per heavy atom. The number of carbonyl (C=O) groups excluding carboxylic acids is 1. The number of benzene rings is 1. The fourth-order valence-electron chi connectivity index (χ4n) is 4.14. The first-order valence-electron chi connectivity index (χ1n) is 7.47. The molecule has 0 N–H and O–H groups in total. The summed E-state index contributed by atoms with van der Waals surface area (Å²) >= 11 is 0. The van der Waals surface area contributed by atoms with Crippen molar-refractivity contribution in [3.05, 3.63) is 48.0 Å². The number of carbonyl (C=O) groups is 1. The van der Waals surface area contributed by atoms with Crippen LogP contribution in [0.1, 0.15) is 38.2 Å². The molecule has 0 amide bonds. The number of hydrogen-bond acceptors (Lipinski definition) is 1. The van der Waals surface area contributed by atoms with Crippen molar-refractivity contribution in [2.75, 3.05) is 0 Å². The molecule has 19 heavy (non-hydrogen) atoms. The summed E-state index contributed by atoms with van der Waals surface area (Å²) in [6, 6.07) is 10.5. The molecule has 2 aliphatic carbocycles. The third-order valence-electron chi connectivity index (χ3n) is 5.20. The van der Waals surface area contributed by atoms with Gasteiger partial charge in [-0.05, 0) is 43.1 Å². The van der Waals surface area contributed by atoms with Crippen LogP contribution in [0.3, 0.4) is 0 Å². The van der Waals surface area contributed by atoms with Gasteiger partial charge >= 0.3 is 0 Å². The highest BCUT2D eigenvalue weighted by atomic mass is 16.1. The van der Waals surface area contributed by atoms with E-state index >= 15 is 0 Å². The highest BCUT2D eigenvalue weighted by molar-refractivity contribution is 5.87. The zero-order valence-corrected chi connectivity index (χ0v) is 11.6. The van der Waals surface area contributed by atoms with E-state index in [2.05, 4.69) is 43.3 Å². The summed E-state index contributed by atoms with van der Waals surface area (Å²) in [7, 11) is 0. The second-order valence-corrected chi connectivity index (χ2v) is 6.17. The number of hydrogen-bond donors (Lipinski definition) is 0. The van der Waals surface area contributed by atoms with Gasteiger partial charge in [0.1, 0.15) is 5.78 Å². The van der Waals surface area contributed by atoms with Crippen LogP contribution in [0.25, 0.3) is 0 Å². The second-order valence-electron chi connectivity index (χ2n) is 6.17. The number of Topliss-reactive ketones (excluding diaryl/α,β-unsaturated/α-hetero) is 1. The summed E-state index contributed by atoms with van der Waals surface area (Å²) in [5.74, 6) is 1.43. The van der Waals surface area contributed by atoms with Crippen LogP contribution in [-0.2, 0) is 11.2 Å². The van der Waals surface area contributed by atoms with Crippen LogP contribution in [0.4, 0.5) is 0 Å². The van der Waals surface area contributed by atoms with Crippen LogP contribution < -0.4 is 0 Å². The maximum absolute atomic E-state index is 12.7. The maximum atomic E-state index is 12.7. The Morgan fingerprint density at radius 3 is 2.84 bits per heavy atom. The summed E-state index contributed by atoms with van der Waals surface area (Å²) in [6.45, 7) is 2.23. The van der Waals surface area contributed by atoms with Crippen LogP contribution >= 0.6 is 0 Å². The Bertz CT molecular complexity index is 488. The Balaban J connectivity index is 1.99. The van der Waals surface area contributed by atoms with Gasteiger partial charge in [-0.1, -0.05) is 49.4 Å². The van der Waals surface area contributed by atoms with Crippen molar-refractivity contribution in [2.24, 2.45) is 17.3 Å². The van der Waals surface area contributed by atoms with Gasteiger partial charge in [-0.2, -0.15) is 0 Å². The van der Waals surface area contributed by atoms with E-state index in [0.29, 0.717) is 17.6 Å². The van der Waals surface area contributed by atoms with Crippen molar-refractivity contribution < 1.29 is 4.79 Å². The van der Waals surface area contributed by atoms with Gasteiger partial charge in [0.2, 0.25) is 0 Å². The Morgan fingerprint density at radius 1 is 1.26 bits per heavy atom. The first-order chi connectivity index (χ1) is 9.23. The lowest BCUT2D eigenvalue weighted by Gasteiger charge is -2.48. The van der Waals surface area contributed by atoms with E-state index in [1.807, 2.05) is 6.07 Å². The monoisotopic (exact) mass is 254 g/mol. The number of fused-ring (bicyclic) bond motifs is 1. The highest BCUT2D eigenvalue weighted by Crippen LogP contribution is 2.51. The Hall–Kier alpha value is -1.37. The second kappa shape index (κ2) is 4.96. The smallest absolute Gasteiger partial charge is 0.140 e.